The zero-order chi connectivity index (χ0) is 11.6. The van der Waals surface area contributed by atoms with Crippen LogP contribution in [0, 0.1) is 12.7 Å². The van der Waals surface area contributed by atoms with Crippen LogP contribution in [-0.4, -0.2) is 6.54 Å². The molecule has 1 saturated heterocycles. The van der Waals surface area contributed by atoms with Crippen molar-refractivity contribution in [2.45, 2.75) is 45.1 Å². The first-order valence-corrected chi connectivity index (χ1v) is 6.19. The van der Waals surface area contributed by atoms with Crippen molar-refractivity contribution in [1.29, 1.82) is 0 Å². The first-order chi connectivity index (χ1) is 7.66. The third-order valence-electron chi connectivity index (χ3n) is 3.52. The van der Waals surface area contributed by atoms with Crippen molar-refractivity contribution in [2.75, 3.05) is 6.54 Å². The number of hydrogen-bond donors (Lipinski definition) is 1. The molecule has 16 heavy (non-hydrogen) atoms. The van der Waals surface area contributed by atoms with E-state index in [1.165, 1.54) is 6.42 Å². The normalized spacial score (nSPS) is 24.9. The van der Waals surface area contributed by atoms with Crippen LogP contribution in [0.15, 0.2) is 18.2 Å². The van der Waals surface area contributed by atoms with Crippen LogP contribution in [0.5, 0.6) is 0 Å². The molecule has 0 bridgehead atoms. The van der Waals surface area contributed by atoms with E-state index in [-0.39, 0.29) is 11.4 Å². The zero-order valence-corrected chi connectivity index (χ0v) is 10.1. The highest BCUT2D eigenvalue weighted by molar-refractivity contribution is 5.31. The highest BCUT2D eigenvalue weighted by atomic mass is 19.1. The Balaban J connectivity index is 2.38. The summed E-state index contributed by atoms with van der Waals surface area (Å²) >= 11 is 0. The number of rotatable bonds is 3. The summed E-state index contributed by atoms with van der Waals surface area (Å²) in [5.74, 6) is -0.112. The highest BCUT2D eigenvalue weighted by Gasteiger charge is 2.34. The number of halogens is 1. The third kappa shape index (κ3) is 2.12. The Kier molecular flexibility index (Phi) is 3.29. The summed E-state index contributed by atoms with van der Waals surface area (Å²) in [6.45, 7) is 5.20. The van der Waals surface area contributed by atoms with Gasteiger partial charge in [-0.15, -0.1) is 0 Å². The second kappa shape index (κ2) is 4.54. The van der Waals surface area contributed by atoms with Crippen LogP contribution in [0.25, 0.3) is 0 Å². The number of nitrogens with one attached hydrogen (secondary N) is 1. The van der Waals surface area contributed by atoms with Crippen molar-refractivity contribution < 1.29 is 4.39 Å². The molecule has 1 aromatic carbocycles. The van der Waals surface area contributed by atoms with Gasteiger partial charge in [0.15, 0.2) is 0 Å². The van der Waals surface area contributed by atoms with Crippen molar-refractivity contribution in [3.63, 3.8) is 0 Å². The van der Waals surface area contributed by atoms with Crippen molar-refractivity contribution in [3.8, 4) is 0 Å². The van der Waals surface area contributed by atoms with Gasteiger partial charge < -0.3 is 5.32 Å². The average molecular weight is 221 g/mol. The molecule has 0 saturated carbocycles. The van der Waals surface area contributed by atoms with E-state index in [0.717, 1.165) is 36.9 Å². The molecule has 1 nitrogen and oxygen atoms in total. The minimum absolute atomic E-state index is 0.0294. The number of aryl methyl sites for hydroxylation is 1. The van der Waals surface area contributed by atoms with Gasteiger partial charge in [0.2, 0.25) is 0 Å². The average Bonchev–Trinajstić information content (AvgIpc) is 2.66. The molecular formula is C14H20FN. The highest BCUT2D eigenvalue weighted by Crippen LogP contribution is 2.35. The molecule has 1 atom stereocenters. The van der Waals surface area contributed by atoms with Crippen LogP contribution in [-0.2, 0) is 5.54 Å². The van der Waals surface area contributed by atoms with Gasteiger partial charge in [-0.2, -0.15) is 0 Å². The molecule has 0 radical (unpaired) electrons. The van der Waals surface area contributed by atoms with Crippen molar-refractivity contribution in [1.82, 2.24) is 5.32 Å². The molecule has 1 unspecified atom stereocenters. The van der Waals surface area contributed by atoms with E-state index in [1.807, 2.05) is 6.92 Å². The minimum atomic E-state index is -0.112. The van der Waals surface area contributed by atoms with E-state index >= 15 is 0 Å². The molecule has 0 spiro atoms. The molecule has 1 fully saturated rings. The minimum Gasteiger partial charge on any atom is -0.307 e. The molecule has 1 aliphatic rings. The Bertz CT molecular complexity index is 347. The lowest BCUT2D eigenvalue weighted by molar-refractivity contribution is 0.354. The molecule has 0 aliphatic carbocycles. The fourth-order valence-corrected chi connectivity index (χ4v) is 2.85. The van der Waals surface area contributed by atoms with Gasteiger partial charge in [0.05, 0.1) is 0 Å². The topological polar surface area (TPSA) is 12.0 Å². The van der Waals surface area contributed by atoms with E-state index in [1.54, 1.807) is 12.1 Å². The molecule has 0 amide bonds. The van der Waals surface area contributed by atoms with Gasteiger partial charge in [0.1, 0.15) is 5.82 Å². The lowest BCUT2D eigenvalue weighted by atomic mass is 9.83. The van der Waals surface area contributed by atoms with Gasteiger partial charge >= 0.3 is 0 Å². The van der Waals surface area contributed by atoms with Crippen LogP contribution in [0.2, 0.25) is 0 Å². The molecule has 1 aromatic rings. The molecule has 1 aliphatic heterocycles. The Morgan fingerprint density at radius 1 is 1.38 bits per heavy atom. The van der Waals surface area contributed by atoms with Gasteiger partial charge in [0.25, 0.3) is 0 Å². The molecule has 1 heterocycles. The van der Waals surface area contributed by atoms with Crippen molar-refractivity contribution in [2.24, 2.45) is 0 Å². The molecular weight excluding hydrogens is 201 g/mol. The summed E-state index contributed by atoms with van der Waals surface area (Å²) in [5, 5.41) is 3.58. The summed E-state index contributed by atoms with van der Waals surface area (Å²) in [6, 6.07) is 5.41. The van der Waals surface area contributed by atoms with Crippen LogP contribution < -0.4 is 5.32 Å². The summed E-state index contributed by atoms with van der Waals surface area (Å²) in [4.78, 5) is 0. The van der Waals surface area contributed by atoms with Gasteiger partial charge in [-0.1, -0.05) is 19.4 Å². The summed E-state index contributed by atoms with van der Waals surface area (Å²) < 4.78 is 13.5. The summed E-state index contributed by atoms with van der Waals surface area (Å²) in [7, 11) is 0. The van der Waals surface area contributed by atoms with E-state index in [2.05, 4.69) is 18.3 Å². The van der Waals surface area contributed by atoms with E-state index < -0.39 is 0 Å². The maximum atomic E-state index is 13.5. The lowest BCUT2D eigenvalue weighted by Gasteiger charge is -2.30. The smallest absolute Gasteiger partial charge is 0.123 e. The van der Waals surface area contributed by atoms with Gasteiger partial charge in [-0.05, 0) is 56.0 Å². The zero-order valence-electron chi connectivity index (χ0n) is 10.1. The number of benzene rings is 1. The second-order valence-corrected chi connectivity index (χ2v) is 4.88. The van der Waals surface area contributed by atoms with Crippen molar-refractivity contribution in [3.05, 3.63) is 35.1 Å². The van der Waals surface area contributed by atoms with Crippen LogP contribution >= 0.6 is 0 Å². The Morgan fingerprint density at radius 2 is 2.19 bits per heavy atom. The lowest BCUT2D eigenvalue weighted by Crippen LogP contribution is -2.36. The summed E-state index contributed by atoms with van der Waals surface area (Å²) in [5.41, 5.74) is 2.17. The van der Waals surface area contributed by atoms with Crippen molar-refractivity contribution >= 4 is 0 Å². The van der Waals surface area contributed by atoms with E-state index in [9.17, 15) is 4.39 Å². The molecule has 2 heteroatoms. The standard InChI is InChI=1S/C14H20FN/c1-3-5-14(6-4-7-16-14)12-8-11(2)9-13(15)10-12/h8-10,16H,3-7H2,1-2H3. The largest absolute Gasteiger partial charge is 0.307 e. The predicted octanol–water partition coefficient (Wildman–Crippen LogP) is 3.51. The van der Waals surface area contributed by atoms with Gasteiger partial charge in [0, 0.05) is 5.54 Å². The fraction of sp³-hybridized carbons (Fsp3) is 0.571. The third-order valence-corrected chi connectivity index (χ3v) is 3.52. The fourth-order valence-electron chi connectivity index (χ4n) is 2.85. The molecule has 2 rings (SSSR count). The monoisotopic (exact) mass is 221 g/mol. The Labute approximate surface area is 97.1 Å². The molecule has 0 aromatic heterocycles. The SMILES string of the molecule is CCCC1(c2cc(C)cc(F)c2)CCCN1. The molecule has 1 N–H and O–H groups in total. The van der Waals surface area contributed by atoms with Gasteiger partial charge in [-0.3, -0.25) is 0 Å². The first-order valence-electron chi connectivity index (χ1n) is 6.19. The summed E-state index contributed by atoms with van der Waals surface area (Å²) in [6.07, 6.45) is 4.54. The molecule has 88 valence electrons. The van der Waals surface area contributed by atoms with Crippen LogP contribution in [0.1, 0.15) is 43.7 Å². The second-order valence-electron chi connectivity index (χ2n) is 4.88. The van der Waals surface area contributed by atoms with E-state index in [4.69, 9.17) is 0 Å². The maximum Gasteiger partial charge on any atom is 0.123 e. The quantitative estimate of drug-likeness (QED) is 0.823. The number of hydrogen-bond acceptors (Lipinski definition) is 1. The Morgan fingerprint density at radius 3 is 2.75 bits per heavy atom. The Hall–Kier alpha value is -0.890. The maximum absolute atomic E-state index is 13.5. The van der Waals surface area contributed by atoms with Crippen LogP contribution in [0.3, 0.4) is 0 Å². The predicted molar refractivity (Wildman–Crippen MR) is 65.0 cm³/mol. The first kappa shape index (κ1) is 11.6. The van der Waals surface area contributed by atoms with Gasteiger partial charge in [-0.25, -0.2) is 4.39 Å². The van der Waals surface area contributed by atoms with Crippen LogP contribution in [0.4, 0.5) is 4.39 Å². The van der Waals surface area contributed by atoms with E-state index in [0.29, 0.717) is 0 Å².